The molecule has 2 saturated carbocycles. The van der Waals surface area contributed by atoms with Crippen LogP contribution in [0.1, 0.15) is 74.7 Å². The molecule has 3 fully saturated rings. The highest BCUT2D eigenvalue weighted by atomic mass is 32.2. The first-order valence-corrected chi connectivity index (χ1v) is 18.5. The summed E-state index contributed by atoms with van der Waals surface area (Å²) < 4.78 is 28.9. The Morgan fingerprint density at radius 1 is 1.02 bits per heavy atom. The minimum absolute atomic E-state index is 0.000410. The van der Waals surface area contributed by atoms with Gasteiger partial charge in [-0.15, -0.1) is 18.9 Å². The van der Waals surface area contributed by atoms with Gasteiger partial charge in [-0.1, -0.05) is 61.5 Å². The molecule has 3 aliphatic rings. The number of terminal acetylenes is 1. The number of urea groups is 1. The minimum atomic E-state index is -3.75. The maximum absolute atomic E-state index is 14.4. The van der Waals surface area contributed by atoms with Crippen LogP contribution in [-0.2, 0) is 29.4 Å². The quantitative estimate of drug-likeness (QED) is 0.112. The summed E-state index contributed by atoms with van der Waals surface area (Å²) in [5, 5.41) is 10.8. The Balaban J connectivity index is 1.82. The van der Waals surface area contributed by atoms with Crippen molar-refractivity contribution in [3.63, 3.8) is 0 Å². The summed E-state index contributed by atoms with van der Waals surface area (Å²) in [7, 11) is -0.715. The largest absolute Gasteiger partial charge is 0.346 e. The van der Waals surface area contributed by atoms with E-state index >= 15 is 0 Å². The summed E-state index contributed by atoms with van der Waals surface area (Å²) in [5.74, 6) is -0.769. The molecular formula is C35H57N7O7S. The normalized spacial score (nSPS) is 23.2. The van der Waals surface area contributed by atoms with Gasteiger partial charge in [-0.05, 0) is 40.9 Å². The topological polar surface area (TPSA) is 177 Å². The number of hydrogen-bond donors (Lipinski definition) is 4. The van der Waals surface area contributed by atoms with Crippen LogP contribution in [0.25, 0.3) is 0 Å². The second-order valence-electron chi connectivity index (χ2n) is 16.6. The first kappa shape index (κ1) is 40.9. The SMILES string of the molecule is C#CCC(NC(=O)[C@@H]1[C@@H]2[C@H](CN1C(=O)[C@@H](NC(=O)N[C@H](CN(C)S(=O)(=O)N(C)C1CC1)C(C)(C)C)C(C)(C)C)C2(C)C)C(=O)C(=O)NCC=C. The van der Waals surface area contributed by atoms with Crippen LogP contribution >= 0.6 is 0 Å². The number of fused-ring (bicyclic) bond motifs is 1. The average molecular weight is 720 g/mol. The molecule has 0 aromatic heterocycles. The molecule has 2 aliphatic carbocycles. The Morgan fingerprint density at radius 2 is 1.62 bits per heavy atom. The second-order valence-corrected chi connectivity index (χ2v) is 18.7. The second kappa shape index (κ2) is 15.0. The lowest BCUT2D eigenvalue weighted by Crippen LogP contribution is -2.63. The number of likely N-dealkylation sites (tertiary alicyclic amines) is 1. The third-order valence-electron chi connectivity index (χ3n) is 10.3. The van der Waals surface area contributed by atoms with Crippen molar-refractivity contribution >= 4 is 39.7 Å². The highest BCUT2D eigenvalue weighted by Gasteiger charge is 2.70. The molecule has 0 radical (unpaired) electrons. The van der Waals surface area contributed by atoms with E-state index in [9.17, 15) is 32.4 Å². The van der Waals surface area contributed by atoms with Gasteiger partial charge in [0.1, 0.15) is 18.1 Å². The third kappa shape index (κ3) is 9.05. The minimum Gasteiger partial charge on any atom is -0.346 e. The lowest BCUT2D eigenvalue weighted by Gasteiger charge is -2.39. The van der Waals surface area contributed by atoms with Crippen molar-refractivity contribution in [3.05, 3.63) is 12.7 Å². The van der Waals surface area contributed by atoms with E-state index in [1.54, 1.807) is 27.8 Å². The number of ketones is 1. The molecule has 0 aromatic rings. The maximum Gasteiger partial charge on any atom is 0.315 e. The summed E-state index contributed by atoms with van der Waals surface area (Å²) in [6.45, 7) is 18.9. The van der Waals surface area contributed by atoms with Crippen LogP contribution in [0.3, 0.4) is 0 Å². The Hall–Kier alpha value is -3.48. The van der Waals surface area contributed by atoms with E-state index in [0.717, 1.165) is 12.8 Å². The number of carbonyl (C=O) groups is 5. The maximum atomic E-state index is 14.4. The van der Waals surface area contributed by atoms with Gasteiger partial charge in [-0.25, -0.2) is 4.79 Å². The number of amides is 5. The van der Waals surface area contributed by atoms with Gasteiger partial charge in [-0.2, -0.15) is 17.0 Å². The zero-order chi connectivity index (χ0) is 38.1. The predicted octanol–water partition coefficient (Wildman–Crippen LogP) is 1.25. The van der Waals surface area contributed by atoms with Crippen LogP contribution in [0.5, 0.6) is 0 Å². The Morgan fingerprint density at radius 3 is 2.12 bits per heavy atom. The molecule has 4 N–H and O–H groups in total. The molecule has 1 heterocycles. The molecule has 0 aromatic carbocycles. The van der Waals surface area contributed by atoms with Crippen molar-refractivity contribution in [2.75, 3.05) is 33.7 Å². The molecule has 6 atom stereocenters. The number of carbonyl (C=O) groups excluding carboxylic acids is 5. The van der Waals surface area contributed by atoms with Crippen molar-refractivity contribution in [3.8, 4) is 12.3 Å². The molecule has 5 amide bonds. The summed E-state index contributed by atoms with van der Waals surface area (Å²) in [4.78, 5) is 68.7. The van der Waals surface area contributed by atoms with Crippen LogP contribution < -0.4 is 21.3 Å². The molecule has 3 rings (SSSR count). The molecule has 15 heteroatoms. The molecule has 1 aliphatic heterocycles. The highest BCUT2D eigenvalue weighted by molar-refractivity contribution is 7.86. The van der Waals surface area contributed by atoms with Crippen LogP contribution in [0, 0.1) is 40.4 Å². The summed E-state index contributed by atoms with van der Waals surface area (Å²) in [6.07, 6.45) is 8.29. The van der Waals surface area contributed by atoms with Gasteiger partial charge in [0.05, 0.1) is 0 Å². The Bertz CT molecular complexity index is 1500. The van der Waals surface area contributed by atoms with Crippen molar-refractivity contribution in [1.82, 2.24) is 34.8 Å². The van der Waals surface area contributed by atoms with Crippen LogP contribution in [0.4, 0.5) is 4.79 Å². The monoisotopic (exact) mass is 719 g/mol. The van der Waals surface area contributed by atoms with Gasteiger partial charge in [-0.3, -0.25) is 19.2 Å². The first-order chi connectivity index (χ1) is 22.9. The van der Waals surface area contributed by atoms with Crippen molar-refractivity contribution < 1.29 is 32.4 Å². The zero-order valence-corrected chi connectivity index (χ0v) is 32.1. The standard InChI is InChI=1S/C35H57N7O7S/c1-13-15-23(27(43)30(45)36-18-14-2)37-29(44)26-25-22(35(25,9)10)19-42(26)31(46)28(34(6,7)8)39-32(47)38-24(33(3,4)5)20-40(11)50(48,49)41(12)21-16-17-21/h1,14,21-26,28H,2,15-20H2,3-12H3,(H,36,45)(H,37,44)(H2,38,39,47)/t22-,23?,24+,25-,26-,28+/m0/s1. The van der Waals surface area contributed by atoms with E-state index in [2.05, 4.69) is 33.8 Å². The van der Waals surface area contributed by atoms with Gasteiger partial charge in [0.25, 0.3) is 16.1 Å². The molecule has 0 spiro atoms. The molecule has 14 nitrogen and oxygen atoms in total. The van der Waals surface area contributed by atoms with E-state index in [1.807, 2.05) is 34.6 Å². The number of hydrogen-bond acceptors (Lipinski definition) is 7. The Kier molecular flexibility index (Phi) is 12.3. The molecule has 1 unspecified atom stereocenters. The smallest absolute Gasteiger partial charge is 0.315 e. The fourth-order valence-electron chi connectivity index (χ4n) is 6.69. The van der Waals surface area contributed by atoms with E-state index in [-0.39, 0.29) is 49.3 Å². The first-order valence-electron chi connectivity index (χ1n) is 17.1. The molecule has 50 heavy (non-hydrogen) atoms. The van der Waals surface area contributed by atoms with Gasteiger partial charge < -0.3 is 26.2 Å². The summed E-state index contributed by atoms with van der Waals surface area (Å²) in [6, 6.07) is -4.64. The number of rotatable bonds is 15. The summed E-state index contributed by atoms with van der Waals surface area (Å²) in [5.41, 5.74) is -1.61. The lowest BCUT2D eigenvalue weighted by molar-refractivity contribution is -0.145. The summed E-state index contributed by atoms with van der Waals surface area (Å²) >= 11 is 0. The van der Waals surface area contributed by atoms with Gasteiger partial charge in [0, 0.05) is 52.2 Å². The number of Topliss-reactive ketones (excluding diaryl/α,β-unsaturated/α-hetero) is 1. The van der Waals surface area contributed by atoms with Crippen molar-refractivity contribution in [2.24, 2.45) is 28.1 Å². The van der Waals surface area contributed by atoms with Gasteiger partial charge in [0.2, 0.25) is 17.6 Å². The van der Waals surface area contributed by atoms with Gasteiger partial charge in [0.15, 0.2) is 0 Å². The van der Waals surface area contributed by atoms with Crippen LogP contribution in [0.2, 0.25) is 0 Å². The highest BCUT2D eigenvalue weighted by Crippen LogP contribution is 2.65. The average Bonchev–Trinajstić information content (AvgIpc) is 3.88. The fourth-order valence-corrected chi connectivity index (χ4v) is 8.05. The fraction of sp³-hybridized carbons (Fsp3) is 0.743. The molecule has 1 saturated heterocycles. The predicted molar refractivity (Wildman–Crippen MR) is 190 cm³/mol. The zero-order valence-electron chi connectivity index (χ0n) is 31.3. The van der Waals surface area contributed by atoms with Crippen molar-refractivity contribution in [1.29, 1.82) is 0 Å². The number of nitrogens with one attached hydrogen (secondary N) is 4. The van der Waals surface area contributed by atoms with Crippen LogP contribution in [0.15, 0.2) is 12.7 Å². The van der Waals surface area contributed by atoms with E-state index in [1.165, 1.54) is 26.6 Å². The molecule has 280 valence electrons. The Labute approximate surface area is 298 Å². The lowest BCUT2D eigenvalue weighted by atomic mass is 9.85. The van der Waals surface area contributed by atoms with E-state index in [4.69, 9.17) is 6.42 Å². The van der Waals surface area contributed by atoms with E-state index < -0.39 is 74.7 Å². The number of piperidine rings is 1. The van der Waals surface area contributed by atoms with Crippen LogP contribution in [-0.4, -0.2) is 115 Å². The van der Waals surface area contributed by atoms with Crippen molar-refractivity contribution in [2.45, 2.75) is 105 Å². The molecular weight excluding hydrogens is 662 g/mol. The van der Waals surface area contributed by atoms with Gasteiger partial charge >= 0.3 is 6.03 Å². The molecule has 0 bridgehead atoms. The third-order valence-corrected chi connectivity index (χ3v) is 12.3. The van der Waals surface area contributed by atoms with E-state index in [0.29, 0.717) is 0 Å². The number of nitrogens with zero attached hydrogens (tertiary/aromatic N) is 3. The number of likely N-dealkylation sites (N-methyl/N-ethyl adjacent to an activating group) is 1.